The van der Waals surface area contributed by atoms with Crippen molar-refractivity contribution in [2.24, 2.45) is 0 Å². The van der Waals surface area contributed by atoms with Crippen molar-refractivity contribution in [3.63, 3.8) is 0 Å². The molecule has 1 atom stereocenters. The van der Waals surface area contributed by atoms with Crippen LogP contribution in [0.1, 0.15) is 53.0 Å². The highest BCUT2D eigenvalue weighted by Crippen LogP contribution is 2.41. The van der Waals surface area contributed by atoms with Crippen molar-refractivity contribution in [3.05, 3.63) is 94.4 Å². The molecule has 34 heavy (non-hydrogen) atoms. The Hall–Kier alpha value is -4.00. The standard InChI is InChI=1S/C27H28N4O3/c1-16(2)18-7-9-19(10-8-18)24-23(25(32)20-11-13-21(14-12-20)30(4)5)26(33)27(34)31(24)22-15-6-17(3)28-29-22/h6-16,24,33H,1-5H3. The van der Waals surface area contributed by atoms with Crippen molar-refractivity contribution in [1.29, 1.82) is 0 Å². The van der Waals surface area contributed by atoms with E-state index in [2.05, 4.69) is 24.0 Å². The molecule has 0 aliphatic carbocycles. The topological polar surface area (TPSA) is 86.6 Å². The number of carbonyl (C=O) groups excluding carboxylic acids is 2. The first-order valence-corrected chi connectivity index (χ1v) is 11.2. The summed E-state index contributed by atoms with van der Waals surface area (Å²) in [7, 11) is 3.83. The van der Waals surface area contributed by atoms with Crippen LogP contribution in [0, 0.1) is 6.92 Å². The fourth-order valence-electron chi connectivity index (χ4n) is 4.04. The number of Topliss-reactive ketones (excluding diaryl/α,β-unsaturated/α-hetero) is 1. The van der Waals surface area contributed by atoms with Crippen molar-refractivity contribution in [3.8, 4) is 0 Å². The van der Waals surface area contributed by atoms with Gasteiger partial charge in [0.2, 0.25) is 0 Å². The van der Waals surface area contributed by atoms with E-state index in [0.717, 1.165) is 11.3 Å². The molecule has 7 nitrogen and oxygen atoms in total. The lowest BCUT2D eigenvalue weighted by molar-refractivity contribution is -0.117. The van der Waals surface area contributed by atoms with Crippen molar-refractivity contribution < 1.29 is 14.7 Å². The molecule has 0 fully saturated rings. The maximum absolute atomic E-state index is 13.6. The van der Waals surface area contributed by atoms with Crippen molar-refractivity contribution >= 4 is 23.2 Å². The van der Waals surface area contributed by atoms with Gasteiger partial charge in [0, 0.05) is 25.3 Å². The van der Waals surface area contributed by atoms with Gasteiger partial charge in [-0.15, -0.1) is 5.10 Å². The minimum absolute atomic E-state index is 0.0299. The lowest BCUT2D eigenvalue weighted by Gasteiger charge is -2.26. The van der Waals surface area contributed by atoms with Crippen LogP contribution in [0.15, 0.2) is 72.0 Å². The zero-order valence-electron chi connectivity index (χ0n) is 20.0. The second-order valence-electron chi connectivity index (χ2n) is 8.96. The number of aliphatic hydroxyl groups excluding tert-OH is 1. The molecule has 2 aromatic carbocycles. The predicted molar refractivity (Wildman–Crippen MR) is 132 cm³/mol. The fraction of sp³-hybridized carbons (Fsp3) is 0.259. The van der Waals surface area contributed by atoms with Crippen LogP contribution in [-0.2, 0) is 4.79 Å². The van der Waals surface area contributed by atoms with Gasteiger partial charge in [-0.2, -0.15) is 5.10 Å². The van der Waals surface area contributed by atoms with Gasteiger partial charge in [0.1, 0.15) is 0 Å². The molecular weight excluding hydrogens is 428 g/mol. The number of amides is 1. The van der Waals surface area contributed by atoms with Crippen molar-refractivity contribution in [2.45, 2.75) is 32.7 Å². The van der Waals surface area contributed by atoms with Gasteiger partial charge in [-0.1, -0.05) is 38.1 Å². The van der Waals surface area contributed by atoms with Crippen LogP contribution in [0.25, 0.3) is 0 Å². The summed E-state index contributed by atoms with van der Waals surface area (Å²) in [4.78, 5) is 30.1. The molecule has 2 heterocycles. The Kier molecular flexibility index (Phi) is 6.20. The zero-order valence-corrected chi connectivity index (χ0v) is 20.0. The van der Waals surface area contributed by atoms with E-state index in [1.54, 1.807) is 31.2 Å². The summed E-state index contributed by atoms with van der Waals surface area (Å²) in [5.41, 5.74) is 3.90. The van der Waals surface area contributed by atoms with Gasteiger partial charge in [-0.05, 0) is 60.4 Å². The molecule has 0 spiro atoms. The van der Waals surface area contributed by atoms with Crippen molar-refractivity contribution in [2.75, 3.05) is 23.9 Å². The van der Waals surface area contributed by atoms with E-state index in [1.165, 1.54) is 4.90 Å². The largest absolute Gasteiger partial charge is 0.503 e. The third-order valence-electron chi connectivity index (χ3n) is 6.05. The monoisotopic (exact) mass is 456 g/mol. The molecule has 0 saturated heterocycles. The molecule has 174 valence electrons. The van der Waals surface area contributed by atoms with Gasteiger partial charge in [-0.3, -0.25) is 14.5 Å². The van der Waals surface area contributed by atoms with E-state index >= 15 is 0 Å². The Morgan fingerprint density at radius 3 is 2.15 bits per heavy atom. The molecular formula is C27H28N4O3. The van der Waals surface area contributed by atoms with Crippen LogP contribution >= 0.6 is 0 Å². The van der Waals surface area contributed by atoms with Crippen LogP contribution in [-0.4, -0.2) is 41.1 Å². The number of rotatable bonds is 6. The molecule has 4 rings (SSSR count). The normalized spacial score (nSPS) is 15.9. The number of carbonyl (C=O) groups is 2. The van der Waals surface area contributed by atoms with Crippen LogP contribution in [0.3, 0.4) is 0 Å². The lowest BCUT2D eigenvalue weighted by atomic mass is 9.91. The van der Waals surface area contributed by atoms with E-state index in [1.807, 2.05) is 55.4 Å². The first-order valence-electron chi connectivity index (χ1n) is 11.2. The van der Waals surface area contributed by atoms with E-state index in [4.69, 9.17) is 0 Å². The van der Waals surface area contributed by atoms with Crippen LogP contribution in [0.2, 0.25) is 0 Å². The molecule has 1 aromatic heterocycles. The summed E-state index contributed by atoms with van der Waals surface area (Å²) in [6.45, 7) is 5.99. The Labute approximate surface area is 199 Å². The molecule has 1 aliphatic rings. The number of benzene rings is 2. The van der Waals surface area contributed by atoms with Gasteiger partial charge in [0.15, 0.2) is 17.4 Å². The quantitative estimate of drug-likeness (QED) is 0.539. The Balaban J connectivity index is 1.82. The summed E-state index contributed by atoms with van der Waals surface area (Å²) in [6, 6.07) is 17.4. The Morgan fingerprint density at radius 2 is 1.62 bits per heavy atom. The zero-order chi connectivity index (χ0) is 24.6. The maximum atomic E-state index is 13.6. The third-order valence-corrected chi connectivity index (χ3v) is 6.05. The van der Waals surface area contributed by atoms with Crippen LogP contribution in [0.4, 0.5) is 11.5 Å². The SMILES string of the molecule is Cc1ccc(N2C(=O)C(O)=C(C(=O)c3ccc(N(C)C)cc3)C2c2ccc(C(C)C)cc2)nn1. The lowest BCUT2D eigenvalue weighted by Crippen LogP contribution is -2.32. The van der Waals surface area contributed by atoms with Gasteiger partial charge in [-0.25, -0.2) is 0 Å². The Morgan fingerprint density at radius 1 is 0.971 bits per heavy atom. The predicted octanol–water partition coefficient (Wildman–Crippen LogP) is 4.76. The molecule has 3 aromatic rings. The minimum atomic E-state index is -0.827. The number of hydrogen-bond acceptors (Lipinski definition) is 6. The highest BCUT2D eigenvalue weighted by atomic mass is 16.3. The van der Waals surface area contributed by atoms with Crippen LogP contribution in [0.5, 0.6) is 0 Å². The first kappa shape index (κ1) is 23.2. The molecule has 1 aliphatic heterocycles. The average molecular weight is 457 g/mol. The van der Waals surface area contributed by atoms with E-state index in [0.29, 0.717) is 22.7 Å². The third kappa shape index (κ3) is 4.17. The fourth-order valence-corrected chi connectivity index (χ4v) is 4.04. The van der Waals surface area contributed by atoms with E-state index in [9.17, 15) is 14.7 Å². The molecule has 0 radical (unpaired) electrons. The molecule has 0 saturated carbocycles. The number of anilines is 2. The summed E-state index contributed by atoms with van der Waals surface area (Å²) in [6.07, 6.45) is 0. The number of aliphatic hydroxyl groups is 1. The van der Waals surface area contributed by atoms with Gasteiger partial charge < -0.3 is 10.0 Å². The Bertz CT molecular complexity index is 1240. The summed E-state index contributed by atoms with van der Waals surface area (Å²) in [5, 5.41) is 19.1. The number of hydrogen-bond donors (Lipinski definition) is 1. The summed E-state index contributed by atoms with van der Waals surface area (Å²) in [5.74, 6) is -1.05. The first-order chi connectivity index (χ1) is 16.2. The molecule has 1 unspecified atom stereocenters. The number of nitrogens with zero attached hydrogens (tertiary/aromatic N) is 4. The maximum Gasteiger partial charge on any atom is 0.295 e. The minimum Gasteiger partial charge on any atom is -0.503 e. The number of aromatic nitrogens is 2. The molecule has 7 heteroatoms. The highest BCUT2D eigenvalue weighted by molar-refractivity contribution is 6.20. The number of aryl methyl sites for hydroxylation is 1. The molecule has 1 amide bonds. The van der Waals surface area contributed by atoms with Gasteiger partial charge >= 0.3 is 0 Å². The summed E-state index contributed by atoms with van der Waals surface area (Å²) >= 11 is 0. The molecule has 0 bridgehead atoms. The van der Waals surface area contributed by atoms with Gasteiger partial charge in [0.25, 0.3) is 5.91 Å². The van der Waals surface area contributed by atoms with Crippen LogP contribution < -0.4 is 9.80 Å². The highest BCUT2D eigenvalue weighted by Gasteiger charge is 2.45. The van der Waals surface area contributed by atoms with Gasteiger partial charge in [0.05, 0.1) is 17.3 Å². The number of ketones is 1. The second kappa shape index (κ2) is 9.09. The smallest absolute Gasteiger partial charge is 0.295 e. The average Bonchev–Trinajstić information content (AvgIpc) is 3.09. The van der Waals surface area contributed by atoms with Crippen molar-refractivity contribution in [1.82, 2.24) is 10.2 Å². The molecule has 1 N–H and O–H groups in total. The second-order valence-corrected chi connectivity index (χ2v) is 8.96. The summed E-state index contributed by atoms with van der Waals surface area (Å²) < 4.78 is 0. The van der Waals surface area contributed by atoms with E-state index in [-0.39, 0.29) is 11.4 Å². The van der Waals surface area contributed by atoms with E-state index < -0.39 is 23.5 Å².